The van der Waals surface area contributed by atoms with Gasteiger partial charge in [0.1, 0.15) is 16.5 Å². The molecule has 9 heteroatoms. The summed E-state index contributed by atoms with van der Waals surface area (Å²) in [6.07, 6.45) is 4.33. The van der Waals surface area contributed by atoms with Crippen molar-refractivity contribution in [1.82, 2.24) is 10.4 Å². The van der Waals surface area contributed by atoms with E-state index in [4.69, 9.17) is 16.0 Å². The fourth-order valence-electron chi connectivity index (χ4n) is 2.10. The standard InChI is InChI=1S/C17H11ClN4O4/c18-14-8-11(3-5-15(14)22(24)25)16-6-4-13(26-16)10-20-21-17(23)12-2-1-7-19-9-12/h1-10H,(H,21,23)/b20-10-. The number of benzene rings is 1. The third-order valence-corrected chi connectivity index (χ3v) is 3.64. The Hall–Kier alpha value is -3.52. The number of amides is 1. The quantitative estimate of drug-likeness (QED) is 0.418. The Balaban J connectivity index is 1.69. The highest BCUT2D eigenvalue weighted by Crippen LogP contribution is 2.30. The lowest BCUT2D eigenvalue weighted by Gasteiger charge is -1.99. The van der Waals surface area contributed by atoms with E-state index in [9.17, 15) is 14.9 Å². The molecule has 2 aromatic heterocycles. The Kier molecular flexibility index (Phi) is 5.04. The molecule has 0 spiro atoms. The van der Waals surface area contributed by atoms with Crippen LogP contribution in [0.2, 0.25) is 5.02 Å². The van der Waals surface area contributed by atoms with Crippen LogP contribution in [-0.2, 0) is 0 Å². The highest BCUT2D eigenvalue weighted by molar-refractivity contribution is 6.32. The zero-order valence-corrected chi connectivity index (χ0v) is 13.9. The summed E-state index contributed by atoms with van der Waals surface area (Å²) in [6.45, 7) is 0. The Bertz CT molecular complexity index is 985. The fourth-order valence-corrected chi connectivity index (χ4v) is 2.35. The number of carbonyl (C=O) groups excluding carboxylic acids is 1. The molecule has 0 aliphatic heterocycles. The molecule has 0 unspecified atom stereocenters. The van der Waals surface area contributed by atoms with Gasteiger partial charge in [0.05, 0.1) is 16.7 Å². The third-order valence-electron chi connectivity index (χ3n) is 3.34. The third kappa shape index (κ3) is 3.93. The van der Waals surface area contributed by atoms with Crippen molar-refractivity contribution < 1.29 is 14.1 Å². The van der Waals surface area contributed by atoms with Crippen molar-refractivity contribution in [1.29, 1.82) is 0 Å². The number of carbonyl (C=O) groups is 1. The average Bonchev–Trinajstić information content (AvgIpc) is 3.11. The maximum absolute atomic E-state index is 11.8. The summed E-state index contributed by atoms with van der Waals surface area (Å²) < 4.78 is 5.57. The molecular weight excluding hydrogens is 360 g/mol. The topological polar surface area (TPSA) is 111 Å². The maximum Gasteiger partial charge on any atom is 0.287 e. The highest BCUT2D eigenvalue weighted by atomic mass is 35.5. The van der Waals surface area contributed by atoms with Crippen molar-refractivity contribution in [3.05, 3.63) is 81.3 Å². The van der Waals surface area contributed by atoms with Crippen LogP contribution in [0.4, 0.5) is 5.69 Å². The molecule has 0 atom stereocenters. The van der Waals surface area contributed by atoms with E-state index in [1.165, 1.54) is 30.6 Å². The van der Waals surface area contributed by atoms with Crippen LogP contribution in [0.3, 0.4) is 0 Å². The zero-order valence-electron chi connectivity index (χ0n) is 13.1. The van der Waals surface area contributed by atoms with E-state index in [1.54, 1.807) is 30.5 Å². The van der Waals surface area contributed by atoms with Crippen LogP contribution >= 0.6 is 11.6 Å². The number of nitrogens with zero attached hydrogens (tertiary/aromatic N) is 3. The summed E-state index contributed by atoms with van der Waals surface area (Å²) in [6, 6.07) is 10.9. The van der Waals surface area contributed by atoms with E-state index in [0.717, 1.165) is 0 Å². The first kappa shape index (κ1) is 17.3. The van der Waals surface area contributed by atoms with E-state index in [0.29, 0.717) is 22.6 Å². The van der Waals surface area contributed by atoms with E-state index in [1.807, 2.05) is 0 Å². The van der Waals surface area contributed by atoms with Gasteiger partial charge in [-0.3, -0.25) is 19.9 Å². The normalized spacial score (nSPS) is 10.8. The molecule has 0 saturated carbocycles. The van der Waals surface area contributed by atoms with E-state index < -0.39 is 10.8 Å². The number of hydrogen-bond donors (Lipinski definition) is 1. The molecule has 1 N–H and O–H groups in total. The molecule has 2 heterocycles. The molecule has 0 saturated heterocycles. The van der Waals surface area contributed by atoms with Gasteiger partial charge >= 0.3 is 0 Å². The van der Waals surface area contributed by atoms with Crippen LogP contribution < -0.4 is 5.43 Å². The number of rotatable bonds is 5. The van der Waals surface area contributed by atoms with Gasteiger partial charge in [-0.25, -0.2) is 5.43 Å². The first-order valence-corrected chi connectivity index (χ1v) is 7.70. The molecule has 0 aliphatic carbocycles. The summed E-state index contributed by atoms with van der Waals surface area (Å²) in [5.74, 6) is 0.450. The molecule has 0 aliphatic rings. The largest absolute Gasteiger partial charge is 0.455 e. The van der Waals surface area contributed by atoms with Gasteiger partial charge in [0, 0.05) is 24.0 Å². The summed E-state index contributed by atoms with van der Waals surface area (Å²) in [5, 5.41) is 14.6. The Morgan fingerprint density at radius 2 is 2.15 bits per heavy atom. The second kappa shape index (κ2) is 7.58. The number of nitrogens with one attached hydrogen (secondary N) is 1. The number of hydrogen-bond acceptors (Lipinski definition) is 6. The number of nitro benzene ring substituents is 1. The van der Waals surface area contributed by atoms with Gasteiger partial charge in [-0.15, -0.1) is 0 Å². The predicted octanol–water partition coefficient (Wildman–Crippen LogP) is 3.67. The Labute approximate surface area is 152 Å². The number of hydrazone groups is 1. The van der Waals surface area contributed by atoms with Crippen LogP contribution in [0.1, 0.15) is 16.1 Å². The minimum absolute atomic E-state index is 0.0165. The Morgan fingerprint density at radius 1 is 1.31 bits per heavy atom. The lowest BCUT2D eigenvalue weighted by molar-refractivity contribution is -0.384. The van der Waals surface area contributed by atoms with E-state index in [2.05, 4.69) is 15.5 Å². The SMILES string of the molecule is O=C(N/N=C\c1ccc(-c2ccc([N+](=O)[O-])c(Cl)c2)o1)c1cccnc1. The second-order valence-electron chi connectivity index (χ2n) is 5.07. The fraction of sp³-hybridized carbons (Fsp3) is 0. The molecule has 8 nitrogen and oxygen atoms in total. The molecule has 3 rings (SSSR count). The molecule has 0 radical (unpaired) electrons. The molecule has 26 heavy (non-hydrogen) atoms. The predicted molar refractivity (Wildman–Crippen MR) is 95.1 cm³/mol. The molecule has 0 fully saturated rings. The molecular formula is C17H11ClN4O4. The lowest BCUT2D eigenvalue weighted by Crippen LogP contribution is -2.17. The van der Waals surface area contributed by atoms with Crippen LogP contribution in [0.5, 0.6) is 0 Å². The van der Waals surface area contributed by atoms with Crippen molar-refractivity contribution >= 4 is 29.4 Å². The number of furan rings is 1. The van der Waals surface area contributed by atoms with Gasteiger partial charge in [-0.2, -0.15) is 5.10 Å². The smallest absolute Gasteiger partial charge is 0.287 e. The summed E-state index contributed by atoms with van der Waals surface area (Å²) in [5.41, 5.74) is 3.14. The second-order valence-corrected chi connectivity index (χ2v) is 5.47. The number of aromatic nitrogens is 1. The van der Waals surface area contributed by atoms with Gasteiger partial charge in [0.2, 0.25) is 0 Å². The van der Waals surface area contributed by atoms with Gasteiger partial charge in [-0.1, -0.05) is 11.6 Å². The summed E-state index contributed by atoms with van der Waals surface area (Å²) in [4.78, 5) is 25.9. The molecule has 1 aromatic carbocycles. The van der Waals surface area contributed by atoms with Crippen molar-refractivity contribution in [2.75, 3.05) is 0 Å². The van der Waals surface area contributed by atoms with Gasteiger partial charge in [0.25, 0.3) is 11.6 Å². The lowest BCUT2D eigenvalue weighted by atomic mass is 10.1. The monoisotopic (exact) mass is 370 g/mol. The number of pyridine rings is 1. The highest BCUT2D eigenvalue weighted by Gasteiger charge is 2.14. The van der Waals surface area contributed by atoms with E-state index >= 15 is 0 Å². The number of nitro groups is 1. The zero-order chi connectivity index (χ0) is 18.5. The van der Waals surface area contributed by atoms with Gasteiger partial charge in [0.15, 0.2) is 0 Å². The van der Waals surface area contributed by atoms with Crippen molar-refractivity contribution in [2.24, 2.45) is 5.10 Å². The van der Waals surface area contributed by atoms with Crippen molar-refractivity contribution in [3.63, 3.8) is 0 Å². The average molecular weight is 371 g/mol. The van der Waals surface area contributed by atoms with Gasteiger partial charge in [-0.05, 0) is 36.4 Å². The molecule has 1 amide bonds. The van der Waals surface area contributed by atoms with Crippen LogP contribution in [0, 0.1) is 10.1 Å². The minimum Gasteiger partial charge on any atom is -0.455 e. The van der Waals surface area contributed by atoms with Crippen LogP contribution in [-0.4, -0.2) is 22.0 Å². The van der Waals surface area contributed by atoms with Crippen LogP contribution in [0.25, 0.3) is 11.3 Å². The maximum atomic E-state index is 11.8. The van der Waals surface area contributed by atoms with Crippen molar-refractivity contribution in [3.8, 4) is 11.3 Å². The first-order valence-electron chi connectivity index (χ1n) is 7.32. The van der Waals surface area contributed by atoms with Crippen LogP contribution in [0.15, 0.2) is 64.4 Å². The molecule has 3 aromatic rings. The summed E-state index contributed by atoms with van der Waals surface area (Å²) in [7, 11) is 0. The Morgan fingerprint density at radius 3 is 2.85 bits per heavy atom. The molecule has 0 bridgehead atoms. The van der Waals surface area contributed by atoms with Gasteiger partial charge < -0.3 is 4.42 Å². The summed E-state index contributed by atoms with van der Waals surface area (Å²) >= 11 is 5.90. The van der Waals surface area contributed by atoms with Crippen molar-refractivity contribution in [2.45, 2.75) is 0 Å². The molecule has 130 valence electrons. The number of halogens is 1. The minimum atomic E-state index is -0.558. The van der Waals surface area contributed by atoms with E-state index in [-0.39, 0.29) is 10.7 Å². The first-order chi connectivity index (χ1) is 12.5.